The molecular weight excluding hydrogens is 352 g/mol. The molecule has 0 radical (unpaired) electrons. The van der Waals surface area contributed by atoms with Gasteiger partial charge in [0.25, 0.3) is 0 Å². The number of aromatic nitrogens is 1. The van der Waals surface area contributed by atoms with E-state index in [1.807, 2.05) is 12.3 Å². The van der Waals surface area contributed by atoms with E-state index in [2.05, 4.69) is 28.2 Å². The fourth-order valence-corrected chi connectivity index (χ4v) is 5.48. The molecule has 6 heteroatoms. The first-order chi connectivity index (χ1) is 13.8. The highest BCUT2D eigenvalue weighted by molar-refractivity contribution is 5.80. The molecule has 1 aliphatic carbocycles. The van der Waals surface area contributed by atoms with Crippen LogP contribution < -0.4 is 10.1 Å². The van der Waals surface area contributed by atoms with E-state index >= 15 is 0 Å². The molecule has 1 N–H and O–H groups in total. The van der Waals surface area contributed by atoms with E-state index in [1.54, 1.807) is 0 Å². The Balaban J connectivity index is 1.21. The van der Waals surface area contributed by atoms with Crippen molar-refractivity contribution in [1.82, 2.24) is 15.2 Å². The summed E-state index contributed by atoms with van der Waals surface area (Å²) in [6, 6.07) is 4.09. The molecule has 4 heterocycles. The lowest BCUT2D eigenvalue weighted by Crippen LogP contribution is -2.41. The first-order valence-corrected chi connectivity index (χ1v) is 11.1. The quantitative estimate of drug-likeness (QED) is 0.625. The number of hydrogen-bond donors (Lipinski definition) is 1. The Morgan fingerprint density at radius 2 is 1.93 bits per heavy atom. The summed E-state index contributed by atoms with van der Waals surface area (Å²) in [5.41, 5.74) is 1.12. The minimum atomic E-state index is 0.352. The third-order valence-electron chi connectivity index (χ3n) is 6.89. The van der Waals surface area contributed by atoms with Crippen LogP contribution in [0.4, 0.5) is 0 Å². The number of aliphatic imine (C=N–C) groups is 1. The van der Waals surface area contributed by atoms with Crippen LogP contribution in [-0.4, -0.2) is 53.8 Å². The van der Waals surface area contributed by atoms with Gasteiger partial charge in [-0.1, -0.05) is 6.07 Å². The molecule has 28 heavy (non-hydrogen) atoms. The lowest BCUT2D eigenvalue weighted by molar-refractivity contribution is 0.0767. The number of ether oxygens (including phenoxy) is 2. The molecule has 4 unspecified atom stereocenters. The van der Waals surface area contributed by atoms with Gasteiger partial charge >= 0.3 is 0 Å². The van der Waals surface area contributed by atoms with Gasteiger partial charge in [-0.3, -0.25) is 0 Å². The maximum absolute atomic E-state index is 6.11. The highest BCUT2D eigenvalue weighted by Crippen LogP contribution is 2.47. The fourth-order valence-electron chi connectivity index (χ4n) is 5.48. The van der Waals surface area contributed by atoms with Crippen molar-refractivity contribution >= 4 is 5.96 Å². The maximum atomic E-state index is 6.11. The van der Waals surface area contributed by atoms with Gasteiger partial charge in [-0.2, -0.15) is 0 Å². The topological polar surface area (TPSA) is 59.0 Å². The lowest BCUT2D eigenvalue weighted by atomic mass is 9.82. The van der Waals surface area contributed by atoms with Gasteiger partial charge in [0.2, 0.25) is 5.88 Å². The Labute approximate surface area is 167 Å². The third kappa shape index (κ3) is 3.59. The van der Waals surface area contributed by atoms with Gasteiger partial charge < -0.3 is 19.7 Å². The molecule has 1 aromatic heterocycles. The van der Waals surface area contributed by atoms with Crippen molar-refractivity contribution < 1.29 is 9.47 Å². The summed E-state index contributed by atoms with van der Waals surface area (Å²) in [6.07, 6.45) is 10.6. The van der Waals surface area contributed by atoms with Crippen LogP contribution in [0.3, 0.4) is 0 Å². The van der Waals surface area contributed by atoms with Crippen LogP contribution in [0.5, 0.6) is 5.88 Å². The van der Waals surface area contributed by atoms with E-state index in [0.29, 0.717) is 36.7 Å². The maximum Gasteiger partial charge on any atom is 0.213 e. The largest absolute Gasteiger partial charge is 0.474 e. The number of pyridine rings is 1. The number of likely N-dealkylation sites (tertiary alicyclic amines) is 1. The van der Waals surface area contributed by atoms with Crippen LogP contribution in [-0.2, 0) is 11.3 Å². The molecule has 3 aliphatic heterocycles. The van der Waals surface area contributed by atoms with Crippen LogP contribution in [0.25, 0.3) is 0 Å². The molecule has 0 amide bonds. The summed E-state index contributed by atoms with van der Waals surface area (Å²) >= 11 is 0. The number of hydrogen-bond acceptors (Lipinski definition) is 4. The van der Waals surface area contributed by atoms with Crippen molar-refractivity contribution in [3.8, 4) is 5.88 Å². The van der Waals surface area contributed by atoms with Crippen molar-refractivity contribution in [2.45, 2.75) is 70.3 Å². The van der Waals surface area contributed by atoms with Crippen molar-refractivity contribution in [2.75, 3.05) is 19.6 Å². The second-order valence-corrected chi connectivity index (χ2v) is 8.72. The number of guanidine groups is 1. The van der Waals surface area contributed by atoms with E-state index < -0.39 is 0 Å². The third-order valence-corrected chi connectivity index (χ3v) is 6.89. The minimum absolute atomic E-state index is 0.352. The second kappa shape index (κ2) is 7.90. The molecule has 0 spiro atoms. The van der Waals surface area contributed by atoms with Crippen LogP contribution in [0, 0.1) is 11.8 Å². The SMILES string of the molecule is CCNC(=NCc1ccc(OC2CCCC2)nc1)N1CC2C3CCC(O3)C2C1. The Bertz CT molecular complexity index is 683. The summed E-state index contributed by atoms with van der Waals surface area (Å²) in [5.74, 6) is 3.16. The van der Waals surface area contributed by atoms with E-state index in [0.717, 1.165) is 49.9 Å². The Morgan fingerprint density at radius 1 is 1.18 bits per heavy atom. The van der Waals surface area contributed by atoms with Crippen LogP contribution in [0.2, 0.25) is 0 Å². The molecule has 2 bridgehead atoms. The standard InChI is InChI=1S/C22H32N4O2/c1-2-23-22(26-13-17-18(14-26)20-9-8-19(17)28-20)25-12-15-7-10-21(24-11-15)27-16-5-3-4-6-16/h7,10-11,16-20H,2-6,8-9,12-14H2,1H3,(H,23,25). The molecule has 1 aromatic rings. The average Bonchev–Trinajstić information content (AvgIpc) is 3.49. The average molecular weight is 385 g/mol. The Morgan fingerprint density at radius 3 is 2.57 bits per heavy atom. The van der Waals surface area contributed by atoms with Gasteiger partial charge in [-0.05, 0) is 51.0 Å². The minimum Gasteiger partial charge on any atom is -0.474 e. The fraction of sp³-hybridized carbons (Fsp3) is 0.727. The summed E-state index contributed by atoms with van der Waals surface area (Å²) in [5, 5.41) is 3.48. The molecule has 3 saturated heterocycles. The van der Waals surface area contributed by atoms with Gasteiger partial charge in [0.15, 0.2) is 5.96 Å². The normalized spacial score (nSPS) is 32.2. The Hall–Kier alpha value is -1.82. The zero-order valence-electron chi connectivity index (χ0n) is 16.8. The first-order valence-electron chi connectivity index (χ1n) is 11.1. The van der Waals surface area contributed by atoms with Crippen molar-refractivity contribution in [1.29, 1.82) is 0 Å². The van der Waals surface area contributed by atoms with Gasteiger partial charge in [0.05, 0.1) is 18.8 Å². The van der Waals surface area contributed by atoms with Crippen LogP contribution in [0.1, 0.15) is 51.0 Å². The lowest BCUT2D eigenvalue weighted by Gasteiger charge is -2.23. The van der Waals surface area contributed by atoms with E-state index in [4.69, 9.17) is 14.5 Å². The zero-order valence-corrected chi connectivity index (χ0v) is 16.8. The molecule has 4 aliphatic rings. The van der Waals surface area contributed by atoms with Gasteiger partial charge in [-0.15, -0.1) is 0 Å². The second-order valence-electron chi connectivity index (χ2n) is 8.72. The first kappa shape index (κ1) is 18.2. The van der Waals surface area contributed by atoms with Gasteiger partial charge in [0, 0.05) is 43.7 Å². The molecule has 152 valence electrons. The van der Waals surface area contributed by atoms with Gasteiger partial charge in [0.1, 0.15) is 6.10 Å². The molecule has 1 saturated carbocycles. The van der Waals surface area contributed by atoms with E-state index in [1.165, 1.54) is 25.7 Å². The molecule has 4 fully saturated rings. The van der Waals surface area contributed by atoms with E-state index in [-0.39, 0.29) is 0 Å². The molecule has 5 rings (SSSR count). The Kier molecular flexibility index (Phi) is 5.14. The molecule has 0 aromatic carbocycles. The predicted octanol–water partition coefficient (Wildman–Crippen LogP) is 2.98. The van der Waals surface area contributed by atoms with Crippen molar-refractivity contribution in [3.05, 3.63) is 23.9 Å². The molecular formula is C22H32N4O2. The predicted molar refractivity (Wildman–Crippen MR) is 108 cm³/mol. The zero-order chi connectivity index (χ0) is 18.9. The van der Waals surface area contributed by atoms with Crippen LogP contribution >= 0.6 is 0 Å². The highest BCUT2D eigenvalue weighted by atomic mass is 16.5. The number of fused-ring (bicyclic) bond motifs is 5. The van der Waals surface area contributed by atoms with Gasteiger partial charge in [-0.25, -0.2) is 9.98 Å². The molecule has 4 atom stereocenters. The summed E-state index contributed by atoms with van der Waals surface area (Å²) < 4.78 is 12.1. The summed E-state index contributed by atoms with van der Waals surface area (Å²) in [4.78, 5) is 11.8. The van der Waals surface area contributed by atoms with Crippen molar-refractivity contribution in [3.63, 3.8) is 0 Å². The number of nitrogens with zero attached hydrogens (tertiary/aromatic N) is 3. The van der Waals surface area contributed by atoms with Crippen molar-refractivity contribution in [2.24, 2.45) is 16.8 Å². The summed E-state index contributed by atoms with van der Waals surface area (Å²) in [6.45, 7) is 5.82. The monoisotopic (exact) mass is 384 g/mol. The van der Waals surface area contributed by atoms with Crippen LogP contribution in [0.15, 0.2) is 23.3 Å². The number of nitrogens with one attached hydrogen (secondary N) is 1. The highest BCUT2D eigenvalue weighted by Gasteiger charge is 2.53. The van der Waals surface area contributed by atoms with E-state index in [9.17, 15) is 0 Å². The number of rotatable bonds is 5. The summed E-state index contributed by atoms with van der Waals surface area (Å²) in [7, 11) is 0. The smallest absolute Gasteiger partial charge is 0.213 e. The molecule has 6 nitrogen and oxygen atoms in total.